The first kappa shape index (κ1) is 70.4. The Morgan fingerprint density at radius 1 is 0.630 bits per heavy atom. The van der Waals surface area contributed by atoms with Crippen LogP contribution in [-0.4, -0.2) is 216 Å². The van der Waals surface area contributed by atoms with Crippen LogP contribution >= 0.6 is 0 Å². The van der Waals surface area contributed by atoms with Crippen molar-refractivity contribution in [2.45, 2.75) is 205 Å². The largest absolute Gasteiger partial charge is 0.393 e. The standard InChI is InChI=1S/C64H96N14O14/c1-32(2)24-44(54(65)84)69-56(86)45-16-15-22-68-78(45)60(90)53(35(7)8)73(11)50(83)31-66-55(85)46-29-63(91)40-27-38(17-19-42(40)70-61(63)76(46)48(81)25-36(9)79)39-18-20-43-41(28-39)64(92)30-47(77(62(64)71-43)49(82)26-37(10)80)57(87)72-51(33(3)4)58(88)74(12)52(34(5)6)59(89)75-23-14-13-21-67-75/h17-20,27-28,32-37,44-47,51-53,61-62,67-68,70-71,79-80,91-92H,13-16,21-26,29-31H2,1-12H3,(H2,65,84)(H,66,85)(H,69,86)(H,72,87)/t36-,37-,44-,45+,46-,47-,51?,52?,53?,61-,62-,63+,64+/m0/s1. The molecule has 506 valence electrons. The van der Waals surface area contributed by atoms with Crippen molar-refractivity contribution in [3.8, 4) is 11.1 Å². The highest BCUT2D eigenvalue weighted by atomic mass is 16.3. The summed E-state index contributed by atoms with van der Waals surface area (Å²) in [7, 11) is 2.93. The topological polar surface area (TPSA) is 381 Å². The molecule has 8 rings (SSSR count). The molecule has 2 aromatic rings. The van der Waals surface area contributed by atoms with Gasteiger partial charge in [0.25, 0.3) is 11.8 Å². The van der Waals surface area contributed by atoms with E-state index in [2.05, 4.69) is 37.4 Å². The van der Waals surface area contributed by atoms with Gasteiger partial charge in [-0.2, -0.15) is 0 Å². The summed E-state index contributed by atoms with van der Waals surface area (Å²) in [5.74, 6) is -7.50. The molecule has 13 N–H and O–H groups in total. The van der Waals surface area contributed by atoms with E-state index in [0.717, 1.165) is 17.7 Å². The Balaban J connectivity index is 1.01. The number of aliphatic hydroxyl groups excluding tert-OH is 2. The van der Waals surface area contributed by atoms with Crippen molar-refractivity contribution in [3.63, 3.8) is 0 Å². The lowest BCUT2D eigenvalue weighted by molar-refractivity contribution is -0.155. The number of likely N-dealkylation sites (N-methyl/N-ethyl adjacent to an activating group) is 2. The summed E-state index contributed by atoms with van der Waals surface area (Å²) >= 11 is 0. The second-order valence-corrected chi connectivity index (χ2v) is 27.4. The van der Waals surface area contributed by atoms with Crippen molar-refractivity contribution in [1.29, 1.82) is 0 Å². The van der Waals surface area contributed by atoms with Gasteiger partial charge in [-0.3, -0.25) is 58.0 Å². The number of hydrogen-bond donors (Lipinski definition) is 12. The summed E-state index contributed by atoms with van der Waals surface area (Å²) in [5.41, 5.74) is 10.4. The van der Waals surface area contributed by atoms with Gasteiger partial charge in [0.15, 0.2) is 0 Å². The van der Waals surface area contributed by atoms with Crippen molar-refractivity contribution in [2.75, 3.05) is 50.9 Å². The molecular formula is C64H96N14O14. The molecule has 28 heteroatoms. The van der Waals surface area contributed by atoms with E-state index in [0.29, 0.717) is 59.7 Å². The number of carbonyl (C=O) groups is 10. The third kappa shape index (κ3) is 14.2. The molecule has 3 unspecified atom stereocenters. The van der Waals surface area contributed by atoms with Crippen LogP contribution in [0.15, 0.2) is 36.4 Å². The van der Waals surface area contributed by atoms with Gasteiger partial charge in [0.2, 0.25) is 47.3 Å². The number of amides is 10. The van der Waals surface area contributed by atoms with Crippen LogP contribution in [-0.2, 0) is 59.1 Å². The summed E-state index contributed by atoms with van der Waals surface area (Å²) in [6.45, 7) is 18.0. The van der Waals surface area contributed by atoms with Gasteiger partial charge in [-0.25, -0.2) is 10.9 Å². The van der Waals surface area contributed by atoms with Crippen molar-refractivity contribution in [3.05, 3.63) is 47.5 Å². The Bertz CT molecular complexity index is 3160. The van der Waals surface area contributed by atoms with E-state index < -0.39 is 162 Å². The quantitative estimate of drug-likeness (QED) is 0.0688. The molecule has 28 nitrogen and oxygen atoms in total. The van der Waals surface area contributed by atoms with E-state index >= 15 is 0 Å². The highest BCUT2D eigenvalue weighted by Gasteiger charge is 2.62. The number of rotatable bonds is 23. The van der Waals surface area contributed by atoms with Crippen molar-refractivity contribution < 1.29 is 68.4 Å². The number of likely N-dealkylation sites (tertiary alicyclic amines) is 2. The second-order valence-electron chi connectivity index (χ2n) is 27.4. The fraction of sp³-hybridized carbons (Fsp3) is 0.656. The normalized spacial score (nSPS) is 25.1. The molecule has 6 heterocycles. The molecule has 0 radical (unpaired) electrons. The Kier molecular flexibility index (Phi) is 21.7. The van der Waals surface area contributed by atoms with Crippen LogP contribution in [0.1, 0.15) is 138 Å². The van der Waals surface area contributed by atoms with Crippen LogP contribution in [0, 0.1) is 23.7 Å². The van der Waals surface area contributed by atoms with Gasteiger partial charge in [0.05, 0.1) is 31.6 Å². The summed E-state index contributed by atoms with van der Waals surface area (Å²) in [6.07, 6.45) is -3.43. The molecule has 0 aliphatic carbocycles. The number of hydrogen-bond acceptors (Lipinski definition) is 18. The van der Waals surface area contributed by atoms with Crippen LogP contribution in [0.4, 0.5) is 11.4 Å². The Morgan fingerprint density at radius 3 is 1.60 bits per heavy atom. The molecule has 0 bridgehead atoms. The zero-order chi connectivity index (χ0) is 67.7. The lowest BCUT2D eigenvalue weighted by Crippen LogP contribution is -2.65. The molecule has 6 aliphatic heterocycles. The average Bonchev–Trinajstić information content (AvgIpc) is 1.56. The highest BCUT2D eigenvalue weighted by molar-refractivity contribution is 5.98. The Morgan fingerprint density at radius 2 is 1.13 bits per heavy atom. The predicted octanol–water partition coefficient (Wildman–Crippen LogP) is -0.163. The van der Waals surface area contributed by atoms with E-state index in [1.165, 1.54) is 52.7 Å². The van der Waals surface area contributed by atoms with Crippen LogP contribution in [0.5, 0.6) is 0 Å². The predicted molar refractivity (Wildman–Crippen MR) is 338 cm³/mol. The van der Waals surface area contributed by atoms with Gasteiger partial charge in [-0.1, -0.05) is 67.5 Å². The van der Waals surface area contributed by atoms with Gasteiger partial charge in [-0.15, -0.1) is 0 Å². The molecule has 0 saturated carbocycles. The number of primary amides is 1. The number of aliphatic hydroxyl groups is 4. The van der Waals surface area contributed by atoms with Gasteiger partial charge in [0.1, 0.15) is 65.8 Å². The van der Waals surface area contributed by atoms with E-state index in [4.69, 9.17) is 5.73 Å². The van der Waals surface area contributed by atoms with Crippen LogP contribution in [0.2, 0.25) is 0 Å². The molecular weight excluding hydrogens is 1190 g/mol. The van der Waals surface area contributed by atoms with Gasteiger partial charge in [0, 0.05) is 69.1 Å². The summed E-state index contributed by atoms with van der Waals surface area (Å²) < 4.78 is 0. The maximum atomic E-state index is 14.7. The Labute approximate surface area is 537 Å². The number of carbonyl (C=O) groups excluding carboxylic acids is 10. The molecule has 13 atom stereocenters. The van der Waals surface area contributed by atoms with Gasteiger partial charge < -0.3 is 72.3 Å². The third-order valence-electron chi connectivity index (χ3n) is 18.7. The average molecular weight is 1290 g/mol. The van der Waals surface area contributed by atoms with Crippen molar-refractivity contribution in [2.24, 2.45) is 29.4 Å². The van der Waals surface area contributed by atoms with Crippen LogP contribution in [0.3, 0.4) is 0 Å². The van der Waals surface area contributed by atoms with E-state index in [1.807, 2.05) is 27.7 Å². The minimum atomic E-state index is -1.94. The molecule has 2 aromatic carbocycles. The molecule has 10 amide bonds. The fourth-order valence-corrected chi connectivity index (χ4v) is 14.1. The maximum absolute atomic E-state index is 14.7. The lowest BCUT2D eigenvalue weighted by Gasteiger charge is -2.40. The van der Waals surface area contributed by atoms with E-state index in [9.17, 15) is 68.4 Å². The number of anilines is 2. The lowest BCUT2D eigenvalue weighted by atomic mass is 9.86. The highest BCUT2D eigenvalue weighted by Crippen LogP contribution is 2.53. The summed E-state index contributed by atoms with van der Waals surface area (Å²) in [6, 6.07) is 2.38. The molecule has 4 saturated heterocycles. The number of fused-ring (bicyclic) bond motifs is 6. The fourth-order valence-electron chi connectivity index (χ4n) is 14.1. The minimum absolute atomic E-state index is 0.0271. The zero-order valence-corrected chi connectivity index (χ0v) is 54.9. The Hall–Kier alpha value is -7.50. The minimum Gasteiger partial charge on any atom is -0.393 e. The molecule has 92 heavy (non-hydrogen) atoms. The zero-order valence-electron chi connectivity index (χ0n) is 54.9. The molecule has 4 fully saturated rings. The maximum Gasteiger partial charge on any atom is 0.260 e. The number of benzene rings is 2. The second kappa shape index (κ2) is 28.4. The smallest absolute Gasteiger partial charge is 0.260 e. The van der Waals surface area contributed by atoms with Crippen LogP contribution < -0.4 is 43.2 Å². The molecule has 6 aliphatic rings. The SMILES string of the molecule is CC(C)C[C@H](NC(=O)[C@H]1CCCNN1C(=O)C(C(C)C)N(C)C(=O)CNC(=O)[C@@H]1C[C@@]2(O)c3cc(-c4ccc5c(c4)[C@]4(O)C[C@@H](C(=O)NC(C(=O)N(C)C(C(=O)N6CCCCN6)C(C)C)C(C)C)N(C(=O)C[C@H](C)O)[C@@H]4N5)ccc3N[C@H]2N1C(=O)C[C@H](C)O)C(N)=O. The number of nitrogens with one attached hydrogen (secondary N) is 7. The van der Waals surface area contributed by atoms with Gasteiger partial charge >= 0.3 is 0 Å². The van der Waals surface area contributed by atoms with Crippen LogP contribution in [0.25, 0.3) is 11.1 Å². The van der Waals surface area contributed by atoms with Crippen molar-refractivity contribution >= 4 is 70.4 Å². The summed E-state index contributed by atoms with van der Waals surface area (Å²) in [5, 5.41) is 64.1. The van der Waals surface area contributed by atoms with Crippen molar-refractivity contribution in [1.82, 2.24) is 56.4 Å². The number of nitrogens with zero attached hydrogens (tertiary/aromatic N) is 6. The monoisotopic (exact) mass is 1280 g/mol. The van der Waals surface area contributed by atoms with E-state index in [1.54, 1.807) is 64.1 Å². The summed E-state index contributed by atoms with van der Waals surface area (Å²) in [4.78, 5) is 145. The first-order valence-corrected chi connectivity index (χ1v) is 32.3. The van der Waals surface area contributed by atoms with Gasteiger partial charge in [-0.05, 0) is 105 Å². The third-order valence-corrected chi connectivity index (χ3v) is 18.7. The first-order valence-electron chi connectivity index (χ1n) is 32.3. The molecule has 0 spiro atoms. The van der Waals surface area contributed by atoms with E-state index in [-0.39, 0.29) is 43.4 Å². The first-order chi connectivity index (χ1) is 43.2. The number of nitrogens with two attached hydrogens (primary N) is 1. The molecule has 0 aromatic heterocycles. The number of hydrazine groups is 2.